The van der Waals surface area contributed by atoms with Gasteiger partial charge in [0.2, 0.25) is 0 Å². The zero-order valence-electron chi connectivity index (χ0n) is 18.5. The third-order valence-corrected chi connectivity index (χ3v) is 8.52. The quantitative estimate of drug-likeness (QED) is 0.455. The normalized spacial score (nSPS) is 14.2. The molecular formula is C23H23ClN2O6S2. The summed E-state index contributed by atoms with van der Waals surface area (Å²) in [7, 11) is -1.85. The van der Waals surface area contributed by atoms with Crippen LogP contribution in [0, 0.1) is 0 Å². The van der Waals surface area contributed by atoms with Crippen molar-refractivity contribution in [3.05, 3.63) is 58.1 Å². The average Bonchev–Trinajstić information content (AvgIpc) is 3.37. The molecule has 0 saturated carbocycles. The van der Waals surface area contributed by atoms with Crippen molar-refractivity contribution in [2.75, 3.05) is 30.1 Å². The number of pyridine rings is 1. The highest BCUT2D eigenvalue weighted by Gasteiger charge is 2.32. The van der Waals surface area contributed by atoms with Gasteiger partial charge in [-0.25, -0.2) is 8.42 Å². The number of halogens is 1. The number of thiophene rings is 1. The third-order valence-electron chi connectivity index (χ3n) is 5.33. The standard InChI is InChI=1S/C23H23ClN2O6S2/c1-3-34(29,30)13-17(27)12-32-19-7-5-16(9-20(19)31-2)26-11-14-8-21(33-22(14)23(26)28)18-6-4-15(24)10-25-18/h4-10,17,27H,3,11-13H2,1-2H3/t17-/m0/s1. The molecule has 0 unspecified atom stereocenters. The minimum absolute atomic E-state index is 0.0465. The second-order valence-electron chi connectivity index (χ2n) is 7.72. The lowest BCUT2D eigenvalue weighted by molar-refractivity contribution is 0.1000. The van der Waals surface area contributed by atoms with E-state index in [1.807, 2.05) is 12.1 Å². The number of fused-ring (bicyclic) bond motifs is 1. The summed E-state index contributed by atoms with van der Waals surface area (Å²) in [6.07, 6.45) is 0.419. The Hall–Kier alpha value is -2.66. The van der Waals surface area contributed by atoms with Crippen LogP contribution in [-0.2, 0) is 16.4 Å². The van der Waals surface area contributed by atoms with E-state index in [-0.39, 0.29) is 24.0 Å². The molecule has 1 aliphatic heterocycles. The third kappa shape index (κ3) is 5.20. The Morgan fingerprint density at radius 1 is 1.24 bits per heavy atom. The van der Waals surface area contributed by atoms with Crippen LogP contribution in [0.2, 0.25) is 5.02 Å². The summed E-state index contributed by atoms with van der Waals surface area (Å²) in [5, 5.41) is 10.5. The van der Waals surface area contributed by atoms with Crippen LogP contribution in [0.1, 0.15) is 22.2 Å². The number of sulfone groups is 1. The number of amides is 1. The fraction of sp³-hybridized carbons (Fsp3) is 0.304. The number of hydrogen-bond acceptors (Lipinski definition) is 8. The number of aliphatic hydroxyl groups excluding tert-OH is 1. The molecule has 1 aromatic carbocycles. The number of hydrogen-bond donors (Lipinski definition) is 1. The van der Waals surface area contributed by atoms with Gasteiger partial charge in [-0.2, -0.15) is 0 Å². The van der Waals surface area contributed by atoms with E-state index in [2.05, 4.69) is 4.98 Å². The number of rotatable bonds is 9. The first-order chi connectivity index (χ1) is 16.2. The summed E-state index contributed by atoms with van der Waals surface area (Å²) >= 11 is 7.30. The van der Waals surface area contributed by atoms with Gasteiger partial charge < -0.3 is 19.5 Å². The van der Waals surface area contributed by atoms with Crippen molar-refractivity contribution in [2.24, 2.45) is 0 Å². The number of benzene rings is 1. The molecule has 0 aliphatic carbocycles. The van der Waals surface area contributed by atoms with Crippen molar-refractivity contribution in [1.82, 2.24) is 4.98 Å². The topological polar surface area (TPSA) is 106 Å². The van der Waals surface area contributed by atoms with Crippen LogP contribution in [-0.4, -0.2) is 55.7 Å². The first-order valence-electron chi connectivity index (χ1n) is 10.5. The minimum atomic E-state index is -3.32. The zero-order valence-corrected chi connectivity index (χ0v) is 20.9. The predicted molar refractivity (Wildman–Crippen MR) is 132 cm³/mol. The Morgan fingerprint density at radius 2 is 2.03 bits per heavy atom. The highest BCUT2D eigenvalue weighted by Crippen LogP contribution is 2.40. The number of carbonyl (C=O) groups excluding carboxylic acids is 1. The molecule has 0 radical (unpaired) electrons. The second kappa shape index (κ2) is 9.91. The second-order valence-corrected chi connectivity index (χ2v) is 11.6. The van der Waals surface area contributed by atoms with Crippen LogP contribution < -0.4 is 14.4 Å². The predicted octanol–water partition coefficient (Wildman–Crippen LogP) is 3.81. The van der Waals surface area contributed by atoms with E-state index in [1.165, 1.54) is 25.4 Å². The zero-order chi connectivity index (χ0) is 24.5. The van der Waals surface area contributed by atoms with Crippen LogP contribution in [0.5, 0.6) is 11.5 Å². The number of nitrogens with zero attached hydrogens (tertiary/aromatic N) is 2. The number of anilines is 1. The Balaban J connectivity index is 1.47. The van der Waals surface area contributed by atoms with Gasteiger partial charge in [0.05, 0.1) is 39.9 Å². The monoisotopic (exact) mass is 522 g/mol. The van der Waals surface area contributed by atoms with E-state index in [9.17, 15) is 18.3 Å². The highest BCUT2D eigenvalue weighted by atomic mass is 35.5. The first kappa shape index (κ1) is 24.5. The molecule has 1 aliphatic rings. The van der Waals surface area contributed by atoms with Crippen LogP contribution in [0.15, 0.2) is 42.6 Å². The van der Waals surface area contributed by atoms with Crippen molar-refractivity contribution in [1.29, 1.82) is 0 Å². The molecule has 0 fully saturated rings. The minimum Gasteiger partial charge on any atom is -0.493 e. The van der Waals surface area contributed by atoms with Gasteiger partial charge in [0.25, 0.3) is 5.91 Å². The summed E-state index contributed by atoms with van der Waals surface area (Å²) in [4.78, 5) is 20.6. The maximum Gasteiger partial charge on any atom is 0.269 e. The van der Waals surface area contributed by atoms with E-state index in [0.29, 0.717) is 33.6 Å². The molecule has 1 atom stereocenters. The van der Waals surface area contributed by atoms with E-state index in [0.717, 1.165) is 16.1 Å². The number of methoxy groups -OCH3 is 1. The lowest BCUT2D eigenvalue weighted by Crippen LogP contribution is -2.28. The summed E-state index contributed by atoms with van der Waals surface area (Å²) in [5.41, 5.74) is 2.32. The van der Waals surface area contributed by atoms with Gasteiger partial charge in [0.1, 0.15) is 12.7 Å². The van der Waals surface area contributed by atoms with Gasteiger partial charge in [-0.15, -0.1) is 11.3 Å². The summed E-state index contributed by atoms with van der Waals surface area (Å²) in [6, 6.07) is 10.6. The first-order valence-corrected chi connectivity index (χ1v) is 13.5. The molecule has 0 saturated heterocycles. The smallest absolute Gasteiger partial charge is 0.269 e. The van der Waals surface area contributed by atoms with Gasteiger partial charge >= 0.3 is 0 Å². The fourth-order valence-corrected chi connectivity index (χ4v) is 5.67. The summed E-state index contributed by atoms with van der Waals surface area (Å²) < 4.78 is 34.3. The van der Waals surface area contributed by atoms with E-state index in [1.54, 1.807) is 35.4 Å². The maximum absolute atomic E-state index is 13.1. The van der Waals surface area contributed by atoms with Crippen LogP contribution in [0.3, 0.4) is 0 Å². The Kier molecular flexibility index (Phi) is 7.13. The maximum atomic E-state index is 13.1. The summed E-state index contributed by atoms with van der Waals surface area (Å²) in [6.45, 7) is 1.74. The molecule has 4 rings (SSSR count). The largest absolute Gasteiger partial charge is 0.493 e. The van der Waals surface area contributed by atoms with E-state index in [4.69, 9.17) is 21.1 Å². The van der Waals surface area contributed by atoms with E-state index < -0.39 is 15.9 Å². The lowest BCUT2D eigenvalue weighted by atomic mass is 10.2. The molecule has 0 bridgehead atoms. The molecule has 2 aromatic heterocycles. The van der Waals surface area contributed by atoms with Crippen molar-refractivity contribution >= 4 is 44.4 Å². The Morgan fingerprint density at radius 3 is 2.68 bits per heavy atom. The van der Waals surface area contributed by atoms with Crippen molar-refractivity contribution in [3.63, 3.8) is 0 Å². The van der Waals surface area contributed by atoms with Crippen molar-refractivity contribution in [3.8, 4) is 22.1 Å². The molecule has 180 valence electrons. The SMILES string of the molecule is CCS(=O)(=O)C[C@@H](O)COc1ccc(N2Cc3cc(-c4ccc(Cl)cn4)sc3C2=O)cc1OC. The summed E-state index contributed by atoms with van der Waals surface area (Å²) in [5.74, 6) is 0.182. The number of ether oxygens (including phenoxy) is 2. The molecule has 3 heterocycles. The average molecular weight is 523 g/mol. The fourth-order valence-electron chi connectivity index (χ4n) is 3.54. The molecule has 0 spiro atoms. The molecule has 8 nitrogen and oxygen atoms in total. The van der Waals surface area contributed by atoms with Gasteiger partial charge in [-0.05, 0) is 35.9 Å². The highest BCUT2D eigenvalue weighted by molar-refractivity contribution is 7.91. The molecule has 34 heavy (non-hydrogen) atoms. The number of aromatic nitrogens is 1. The van der Waals surface area contributed by atoms with Crippen LogP contribution in [0.25, 0.3) is 10.6 Å². The lowest BCUT2D eigenvalue weighted by Gasteiger charge is -2.19. The van der Waals surface area contributed by atoms with E-state index >= 15 is 0 Å². The van der Waals surface area contributed by atoms with Gasteiger partial charge in [-0.3, -0.25) is 9.78 Å². The Bertz CT molecular complexity index is 1310. The molecule has 3 aromatic rings. The van der Waals surface area contributed by atoms with Crippen LogP contribution in [0.4, 0.5) is 5.69 Å². The Labute approximate surface area is 206 Å². The number of carbonyl (C=O) groups is 1. The van der Waals surface area contributed by atoms with Gasteiger partial charge in [-0.1, -0.05) is 18.5 Å². The van der Waals surface area contributed by atoms with Gasteiger partial charge in [0.15, 0.2) is 21.3 Å². The molecule has 1 N–H and O–H groups in total. The van der Waals surface area contributed by atoms with Crippen molar-refractivity contribution in [2.45, 2.75) is 19.6 Å². The van der Waals surface area contributed by atoms with Crippen molar-refractivity contribution < 1.29 is 27.8 Å². The number of aliphatic hydroxyl groups is 1. The molecule has 1 amide bonds. The van der Waals surface area contributed by atoms with Gasteiger partial charge in [0, 0.05) is 23.7 Å². The molecule has 11 heteroatoms. The molecular weight excluding hydrogens is 500 g/mol. The van der Waals surface area contributed by atoms with Crippen LogP contribution >= 0.6 is 22.9 Å².